The molecule has 0 bridgehead atoms. The van der Waals surface area contributed by atoms with Gasteiger partial charge in [0.1, 0.15) is 0 Å². The Hall–Kier alpha value is -0.420. The van der Waals surface area contributed by atoms with Crippen LogP contribution in [-0.2, 0) is 20.2 Å². The second-order valence-electron chi connectivity index (χ2n) is 3.84. The first-order valence-electron chi connectivity index (χ1n) is 6.28. The Kier molecular flexibility index (Phi) is 6.29. The minimum atomic E-state index is -1.12. The molecular formula is C14H21BrO3. The fourth-order valence-electron chi connectivity index (χ4n) is 1.80. The van der Waals surface area contributed by atoms with E-state index in [1.807, 2.05) is 45.9 Å². The van der Waals surface area contributed by atoms with Gasteiger partial charge < -0.3 is 14.2 Å². The van der Waals surface area contributed by atoms with Crippen LogP contribution in [0.25, 0.3) is 0 Å². The lowest BCUT2D eigenvalue weighted by molar-refractivity contribution is -0.389. The molecule has 18 heavy (non-hydrogen) atoms. The molecule has 0 aliphatic carbocycles. The summed E-state index contributed by atoms with van der Waals surface area (Å²) in [5, 5.41) is 0. The highest BCUT2D eigenvalue weighted by Gasteiger charge is 2.36. The highest BCUT2D eigenvalue weighted by atomic mass is 79.9. The summed E-state index contributed by atoms with van der Waals surface area (Å²) in [6, 6.07) is 6.02. The number of halogens is 1. The van der Waals surface area contributed by atoms with Crippen LogP contribution in [0.1, 0.15) is 31.9 Å². The van der Waals surface area contributed by atoms with E-state index in [0.29, 0.717) is 19.8 Å². The van der Waals surface area contributed by atoms with E-state index >= 15 is 0 Å². The first-order valence-corrected chi connectivity index (χ1v) is 7.07. The van der Waals surface area contributed by atoms with Crippen LogP contribution in [0.4, 0.5) is 0 Å². The molecule has 0 heterocycles. The van der Waals surface area contributed by atoms with Gasteiger partial charge in [0.05, 0.1) is 5.56 Å². The third-order valence-electron chi connectivity index (χ3n) is 2.46. The van der Waals surface area contributed by atoms with Crippen molar-refractivity contribution < 1.29 is 14.2 Å². The van der Waals surface area contributed by atoms with Gasteiger partial charge in [0.2, 0.25) is 0 Å². The van der Waals surface area contributed by atoms with E-state index in [1.165, 1.54) is 5.56 Å². The maximum Gasteiger partial charge on any atom is 0.313 e. The number of hydrogen-bond donors (Lipinski definition) is 0. The van der Waals surface area contributed by atoms with Crippen molar-refractivity contribution in [3.63, 3.8) is 0 Å². The SMILES string of the molecule is CCOC(OCC)(OCC)c1ccc(C)cc1Br. The summed E-state index contributed by atoms with van der Waals surface area (Å²) in [5.41, 5.74) is 2.03. The first-order chi connectivity index (χ1) is 8.59. The summed E-state index contributed by atoms with van der Waals surface area (Å²) in [6.07, 6.45) is 0. The topological polar surface area (TPSA) is 27.7 Å². The van der Waals surface area contributed by atoms with Crippen LogP contribution in [0.3, 0.4) is 0 Å². The van der Waals surface area contributed by atoms with Crippen molar-refractivity contribution in [2.24, 2.45) is 0 Å². The molecule has 3 nitrogen and oxygen atoms in total. The van der Waals surface area contributed by atoms with Crippen LogP contribution in [0, 0.1) is 6.92 Å². The lowest BCUT2D eigenvalue weighted by Crippen LogP contribution is -2.37. The fraction of sp³-hybridized carbons (Fsp3) is 0.571. The van der Waals surface area contributed by atoms with Gasteiger partial charge in [0.25, 0.3) is 0 Å². The quantitative estimate of drug-likeness (QED) is 0.712. The molecule has 0 aliphatic heterocycles. The van der Waals surface area contributed by atoms with E-state index in [2.05, 4.69) is 15.9 Å². The average molecular weight is 317 g/mol. The highest BCUT2D eigenvalue weighted by Crippen LogP contribution is 2.34. The Morgan fingerprint density at radius 1 is 1.00 bits per heavy atom. The van der Waals surface area contributed by atoms with Gasteiger partial charge in [0, 0.05) is 24.3 Å². The van der Waals surface area contributed by atoms with E-state index in [0.717, 1.165) is 10.0 Å². The zero-order valence-corrected chi connectivity index (χ0v) is 13.0. The second-order valence-corrected chi connectivity index (χ2v) is 4.69. The van der Waals surface area contributed by atoms with Crippen LogP contribution in [-0.4, -0.2) is 19.8 Å². The molecule has 0 N–H and O–H groups in total. The Morgan fingerprint density at radius 2 is 1.50 bits per heavy atom. The Morgan fingerprint density at radius 3 is 1.89 bits per heavy atom. The molecule has 0 amide bonds. The Bertz CT molecular complexity index is 362. The minimum Gasteiger partial charge on any atom is -0.324 e. The molecule has 4 heteroatoms. The van der Waals surface area contributed by atoms with Crippen molar-refractivity contribution in [3.8, 4) is 0 Å². The molecule has 0 radical (unpaired) electrons. The monoisotopic (exact) mass is 316 g/mol. The van der Waals surface area contributed by atoms with Gasteiger partial charge in [0.15, 0.2) is 0 Å². The summed E-state index contributed by atoms with van der Waals surface area (Å²) in [4.78, 5) is 0. The van der Waals surface area contributed by atoms with Gasteiger partial charge in [-0.2, -0.15) is 0 Å². The van der Waals surface area contributed by atoms with Gasteiger partial charge in [-0.25, -0.2) is 0 Å². The molecule has 1 aromatic carbocycles. The van der Waals surface area contributed by atoms with Crippen molar-refractivity contribution >= 4 is 15.9 Å². The van der Waals surface area contributed by atoms with Gasteiger partial charge in [-0.05, 0) is 45.4 Å². The molecule has 0 saturated carbocycles. The summed E-state index contributed by atoms with van der Waals surface area (Å²) >= 11 is 3.55. The van der Waals surface area contributed by atoms with Crippen LogP contribution in [0.2, 0.25) is 0 Å². The predicted octanol–water partition coefficient (Wildman–Crippen LogP) is 3.98. The molecule has 0 aliphatic rings. The van der Waals surface area contributed by atoms with Gasteiger partial charge >= 0.3 is 5.97 Å². The summed E-state index contributed by atoms with van der Waals surface area (Å²) in [5.74, 6) is -1.12. The molecular weight excluding hydrogens is 296 g/mol. The Balaban J connectivity index is 3.21. The summed E-state index contributed by atoms with van der Waals surface area (Å²) < 4.78 is 18.2. The molecule has 1 aromatic rings. The molecule has 102 valence electrons. The van der Waals surface area contributed by atoms with Crippen molar-refractivity contribution in [3.05, 3.63) is 33.8 Å². The van der Waals surface area contributed by atoms with Crippen LogP contribution in [0.15, 0.2) is 22.7 Å². The number of rotatable bonds is 7. The number of benzene rings is 1. The average Bonchev–Trinajstić information content (AvgIpc) is 2.29. The van der Waals surface area contributed by atoms with Crippen molar-refractivity contribution in [1.82, 2.24) is 0 Å². The maximum absolute atomic E-state index is 5.74. The lowest BCUT2D eigenvalue weighted by atomic mass is 10.1. The van der Waals surface area contributed by atoms with Gasteiger partial charge in [-0.3, -0.25) is 0 Å². The van der Waals surface area contributed by atoms with Gasteiger partial charge in [-0.1, -0.05) is 22.0 Å². The third-order valence-corrected chi connectivity index (χ3v) is 3.11. The van der Waals surface area contributed by atoms with Crippen molar-refractivity contribution in [1.29, 1.82) is 0 Å². The predicted molar refractivity (Wildman–Crippen MR) is 75.4 cm³/mol. The zero-order chi connectivity index (χ0) is 13.6. The smallest absolute Gasteiger partial charge is 0.313 e. The van der Waals surface area contributed by atoms with Crippen molar-refractivity contribution in [2.45, 2.75) is 33.7 Å². The molecule has 0 fully saturated rings. The molecule has 0 atom stereocenters. The van der Waals surface area contributed by atoms with Crippen molar-refractivity contribution in [2.75, 3.05) is 19.8 Å². The van der Waals surface area contributed by atoms with Crippen LogP contribution in [0.5, 0.6) is 0 Å². The zero-order valence-electron chi connectivity index (χ0n) is 11.5. The standard InChI is InChI=1S/C14H21BrO3/c1-5-16-14(17-6-2,18-7-3)12-9-8-11(4)10-13(12)15/h8-10H,5-7H2,1-4H3. The second kappa shape index (κ2) is 7.24. The maximum atomic E-state index is 5.74. The summed E-state index contributed by atoms with van der Waals surface area (Å²) in [7, 11) is 0. The van der Waals surface area contributed by atoms with Crippen LogP contribution < -0.4 is 0 Å². The first kappa shape index (κ1) is 15.6. The third kappa shape index (κ3) is 3.54. The molecule has 0 spiro atoms. The number of aryl methyl sites for hydroxylation is 1. The van der Waals surface area contributed by atoms with Crippen LogP contribution >= 0.6 is 15.9 Å². The fourth-order valence-corrected chi connectivity index (χ4v) is 2.53. The number of hydrogen-bond acceptors (Lipinski definition) is 3. The van der Waals surface area contributed by atoms with E-state index in [-0.39, 0.29) is 0 Å². The highest BCUT2D eigenvalue weighted by molar-refractivity contribution is 9.10. The lowest BCUT2D eigenvalue weighted by Gasteiger charge is -2.33. The van der Waals surface area contributed by atoms with E-state index < -0.39 is 5.97 Å². The summed E-state index contributed by atoms with van der Waals surface area (Å²) in [6.45, 7) is 9.36. The Labute approximate surface area is 118 Å². The molecule has 0 unspecified atom stereocenters. The number of ether oxygens (including phenoxy) is 3. The molecule has 1 rings (SSSR count). The largest absolute Gasteiger partial charge is 0.324 e. The molecule has 0 aromatic heterocycles. The van der Waals surface area contributed by atoms with Gasteiger partial charge in [-0.15, -0.1) is 0 Å². The minimum absolute atomic E-state index is 0.514. The normalized spacial score (nSPS) is 11.8. The van der Waals surface area contributed by atoms with E-state index in [1.54, 1.807) is 0 Å². The van der Waals surface area contributed by atoms with E-state index in [4.69, 9.17) is 14.2 Å². The van der Waals surface area contributed by atoms with E-state index in [9.17, 15) is 0 Å². The molecule has 0 saturated heterocycles.